The molecule has 6 aliphatic rings. The molecule has 0 amide bonds. The van der Waals surface area contributed by atoms with Crippen molar-refractivity contribution in [2.24, 2.45) is 22.7 Å². The largest absolute Gasteiger partial charge is 0.455 e. The molecular weight excluding hydrogens is 480 g/mol. The highest BCUT2D eigenvalue weighted by atomic mass is 16.6. The van der Waals surface area contributed by atoms with E-state index in [1.807, 2.05) is 6.92 Å². The summed E-state index contributed by atoms with van der Waals surface area (Å²) < 4.78 is 11.7. The summed E-state index contributed by atoms with van der Waals surface area (Å²) in [6.45, 7) is 6.29. The van der Waals surface area contributed by atoms with Crippen LogP contribution in [0.4, 0.5) is 0 Å². The van der Waals surface area contributed by atoms with Crippen LogP contribution in [0.1, 0.15) is 66.2 Å². The smallest absolute Gasteiger partial charge is 0.334 e. The predicted octanol–water partition coefficient (Wildman–Crippen LogP) is 0.698. The molecule has 11 atom stereocenters. The zero-order chi connectivity index (χ0) is 27.0. The quantitative estimate of drug-likeness (QED) is 0.268. The van der Waals surface area contributed by atoms with E-state index < -0.39 is 57.3 Å². The van der Waals surface area contributed by atoms with Crippen molar-refractivity contribution < 1.29 is 44.6 Å². The van der Waals surface area contributed by atoms with Crippen molar-refractivity contribution >= 4 is 11.8 Å². The summed E-state index contributed by atoms with van der Waals surface area (Å²) >= 11 is 0. The third-order valence-corrected chi connectivity index (χ3v) is 12.1. The lowest BCUT2D eigenvalue weighted by Crippen LogP contribution is -2.73. The number of rotatable bonds is 3. The summed E-state index contributed by atoms with van der Waals surface area (Å²) in [5.74, 6) is -1.43. The third-order valence-electron chi connectivity index (χ3n) is 12.1. The molecule has 0 radical (unpaired) electrons. The van der Waals surface area contributed by atoms with Gasteiger partial charge >= 0.3 is 5.97 Å². The maximum atomic E-state index is 13.3. The fourth-order valence-corrected chi connectivity index (χ4v) is 9.52. The number of hydrogen-bond acceptors (Lipinski definition) is 9. The molecule has 0 aromatic heterocycles. The molecule has 1 spiro atoms. The average molecular weight is 519 g/mol. The molecule has 9 heteroatoms. The molecule has 1 saturated heterocycles. The fraction of sp³-hybridized carbons (Fsp3) is 0.786. The van der Waals surface area contributed by atoms with Crippen molar-refractivity contribution in [3.8, 4) is 0 Å². The molecular formula is C28H38O9. The van der Waals surface area contributed by atoms with Crippen LogP contribution in [-0.2, 0) is 19.1 Å². The Morgan fingerprint density at radius 3 is 2.51 bits per heavy atom. The van der Waals surface area contributed by atoms with Crippen LogP contribution in [0.3, 0.4) is 0 Å². The number of carbonyl (C=O) groups is 2. The Labute approximate surface area is 216 Å². The van der Waals surface area contributed by atoms with Crippen molar-refractivity contribution in [1.29, 1.82) is 0 Å². The van der Waals surface area contributed by atoms with Gasteiger partial charge in [0, 0.05) is 17.4 Å². The molecule has 0 aromatic rings. The van der Waals surface area contributed by atoms with Gasteiger partial charge in [-0.05, 0) is 82.4 Å². The Morgan fingerprint density at radius 1 is 1.14 bits per heavy atom. The van der Waals surface area contributed by atoms with Crippen LogP contribution in [0.25, 0.3) is 0 Å². The summed E-state index contributed by atoms with van der Waals surface area (Å²) in [6, 6.07) is 0. The van der Waals surface area contributed by atoms with Crippen LogP contribution in [0, 0.1) is 22.7 Å². The number of fused-ring (bicyclic) bond motifs is 4. The van der Waals surface area contributed by atoms with Crippen LogP contribution in [0.15, 0.2) is 23.3 Å². The Bertz CT molecular complexity index is 1140. The zero-order valence-corrected chi connectivity index (χ0v) is 21.9. The van der Waals surface area contributed by atoms with Crippen LogP contribution < -0.4 is 0 Å². The van der Waals surface area contributed by atoms with Gasteiger partial charge in [-0.2, -0.15) is 0 Å². The van der Waals surface area contributed by atoms with Gasteiger partial charge in [-0.15, -0.1) is 0 Å². The summed E-state index contributed by atoms with van der Waals surface area (Å²) in [5, 5.41) is 57.4. The Balaban J connectivity index is 1.38. The molecule has 2 heterocycles. The summed E-state index contributed by atoms with van der Waals surface area (Å²) in [6.07, 6.45) is 2.15. The maximum Gasteiger partial charge on any atom is 0.334 e. The minimum absolute atomic E-state index is 0.0747. The fourth-order valence-electron chi connectivity index (χ4n) is 9.52. The molecule has 0 aromatic carbocycles. The molecule has 0 unspecified atom stereocenters. The second-order valence-electron chi connectivity index (χ2n) is 13.0. The number of carbonyl (C=O) groups excluding carboxylic acids is 2. The number of aliphatic hydroxyl groups excluding tert-OH is 2. The van der Waals surface area contributed by atoms with Gasteiger partial charge in [0.25, 0.3) is 0 Å². The van der Waals surface area contributed by atoms with Crippen LogP contribution >= 0.6 is 0 Å². The number of allylic oxidation sites excluding steroid dienone is 1. The molecule has 2 aliphatic heterocycles. The number of cyclic esters (lactones) is 1. The summed E-state index contributed by atoms with van der Waals surface area (Å²) in [4.78, 5) is 25.9. The number of esters is 1. The van der Waals surface area contributed by atoms with Gasteiger partial charge in [-0.1, -0.05) is 6.92 Å². The van der Waals surface area contributed by atoms with E-state index in [0.29, 0.717) is 30.4 Å². The first-order valence-corrected chi connectivity index (χ1v) is 13.4. The highest BCUT2D eigenvalue weighted by Crippen LogP contribution is 2.75. The van der Waals surface area contributed by atoms with Gasteiger partial charge in [-0.3, -0.25) is 4.79 Å². The summed E-state index contributed by atoms with van der Waals surface area (Å²) in [7, 11) is 0. The van der Waals surface area contributed by atoms with Crippen LogP contribution in [-0.4, -0.2) is 84.6 Å². The molecule has 9 nitrogen and oxygen atoms in total. The monoisotopic (exact) mass is 518 g/mol. The normalized spacial score (nSPS) is 54.0. The molecule has 5 N–H and O–H groups in total. The van der Waals surface area contributed by atoms with Gasteiger partial charge in [0.1, 0.15) is 29.0 Å². The van der Waals surface area contributed by atoms with Gasteiger partial charge in [0.15, 0.2) is 5.78 Å². The van der Waals surface area contributed by atoms with Crippen molar-refractivity contribution in [3.05, 3.63) is 23.3 Å². The van der Waals surface area contributed by atoms with E-state index in [1.165, 1.54) is 19.1 Å². The Kier molecular flexibility index (Phi) is 5.07. The molecule has 4 fully saturated rings. The second-order valence-corrected chi connectivity index (χ2v) is 13.0. The number of epoxide rings is 1. The number of aliphatic hydroxyl groups is 5. The van der Waals surface area contributed by atoms with E-state index in [2.05, 4.69) is 0 Å². The van der Waals surface area contributed by atoms with Gasteiger partial charge < -0.3 is 35.0 Å². The molecule has 6 rings (SSSR count). The predicted molar refractivity (Wildman–Crippen MR) is 129 cm³/mol. The van der Waals surface area contributed by atoms with Crippen LogP contribution in [0.2, 0.25) is 0 Å². The number of hydrogen-bond donors (Lipinski definition) is 5. The maximum absolute atomic E-state index is 13.3. The Morgan fingerprint density at radius 2 is 1.84 bits per heavy atom. The van der Waals surface area contributed by atoms with Crippen molar-refractivity contribution in [3.63, 3.8) is 0 Å². The lowest BCUT2D eigenvalue weighted by Gasteiger charge is -2.63. The van der Waals surface area contributed by atoms with Crippen molar-refractivity contribution in [2.75, 3.05) is 6.61 Å². The lowest BCUT2D eigenvalue weighted by molar-refractivity contribution is -0.283. The van der Waals surface area contributed by atoms with E-state index in [0.717, 1.165) is 0 Å². The van der Waals surface area contributed by atoms with Crippen molar-refractivity contribution in [2.45, 2.75) is 107 Å². The van der Waals surface area contributed by atoms with Gasteiger partial charge in [-0.25, -0.2) is 4.79 Å². The van der Waals surface area contributed by atoms with E-state index in [1.54, 1.807) is 13.8 Å². The molecule has 0 bridgehead atoms. The first-order valence-electron chi connectivity index (χ1n) is 13.4. The molecule has 37 heavy (non-hydrogen) atoms. The van der Waals surface area contributed by atoms with E-state index in [4.69, 9.17) is 9.47 Å². The SMILES string of the molecule is CC1=C(CO)C[C@H]([C@](C)(O)[C@]2(O)CC[C@]3(O)[C@@H]4C[C@H]5O[C@]56[C@@H](O)C=CC(=O)[C@]6(C)[C@H]4CC[C@]23C)OC1=O. The molecule has 204 valence electrons. The standard InChI is InChI=1S/C28H38O9/c1-14-15(13-29)11-20(36-22(14)32)25(4,33)27(35)10-9-26(34)17-12-21-28(37-21)19(31)6-5-18(30)24(28,3)16(17)7-8-23(26,27)2/h5-6,16-17,19-21,29,31,33-35H,7-13H2,1-4H3/t16-,17+,19-,20+,21+,23-,24-,25-,26-,27-,28+/m0/s1. The minimum atomic E-state index is -1.92. The van der Waals surface area contributed by atoms with E-state index >= 15 is 0 Å². The first kappa shape index (κ1) is 25.6. The Hall–Kier alpha value is -1.62. The van der Waals surface area contributed by atoms with Gasteiger partial charge in [0.05, 0.1) is 23.7 Å². The lowest BCUT2D eigenvalue weighted by atomic mass is 9.42. The second kappa shape index (κ2) is 7.31. The number of ether oxygens (including phenoxy) is 2. The van der Waals surface area contributed by atoms with Crippen LogP contribution in [0.5, 0.6) is 0 Å². The summed E-state index contributed by atoms with van der Waals surface area (Å²) in [5.41, 5.74) is -7.57. The minimum Gasteiger partial charge on any atom is -0.455 e. The highest BCUT2D eigenvalue weighted by molar-refractivity contribution is 5.98. The van der Waals surface area contributed by atoms with E-state index in [-0.39, 0.29) is 43.7 Å². The topological polar surface area (TPSA) is 157 Å². The number of ketones is 1. The van der Waals surface area contributed by atoms with Crippen molar-refractivity contribution in [1.82, 2.24) is 0 Å². The van der Waals surface area contributed by atoms with Gasteiger partial charge in [0.2, 0.25) is 0 Å². The van der Waals surface area contributed by atoms with E-state index in [9.17, 15) is 35.1 Å². The highest BCUT2D eigenvalue weighted by Gasteiger charge is 2.84. The zero-order valence-electron chi connectivity index (χ0n) is 21.9. The third kappa shape index (κ3) is 2.62. The average Bonchev–Trinajstić information content (AvgIpc) is 3.55. The molecule has 4 aliphatic carbocycles. The first-order chi connectivity index (χ1) is 17.2. The molecule has 3 saturated carbocycles.